The third-order valence-corrected chi connectivity index (χ3v) is 4.50. The Balaban J connectivity index is 1.56. The summed E-state index contributed by atoms with van der Waals surface area (Å²) in [5.74, 6) is 3.24. The van der Waals surface area contributed by atoms with Gasteiger partial charge in [0, 0.05) is 13.0 Å². The number of hydrogen-bond acceptors (Lipinski definition) is 4. The number of piperidine rings is 1. The predicted molar refractivity (Wildman–Crippen MR) is 74.9 cm³/mol. The van der Waals surface area contributed by atoms with Crippen LogP contribution in [-0.4, -0.2) is 46.3 Å². The predicted octanol–water partition coefficient (Wildman–Crippen LogP) is 1.05. The smallest absolute Gasteiger partial charge is 0.147 e. The van der Waals surface area contributed by atoms with Crippen LogP contribution in [0.25, 0.3) is 0 Å². The van der Waals surface area contributed by atoms with Gasteiger partial charge in [-0.15, -0.1) is 10.2 Å². The Morgan fingerprint density at radius 3 is 2.79 bits per heavy atom. The lowest BCUT2D eigenvalue weighted by Gasteiger charge is -2.31. The van der Waals surface area contributed by atoms with Gasteiger partial charge < -0.3 is 9.88 Å². The number of hydrogen-bond donors (Lipinski definition) is 1. The van der Waals surface area contributed by atoms with Gasteiger partial charge in [0.25, 0.3) is 0 Å². The molecular weight excluding hydrogens is 238 g/mol. The molecule has 2 aliphatic heterocycles. The molecule has 0 aromatic carbocycles. The lowest BCUT2D eigenvalue weighted by molar-refractivity contribution is 0.171. The lowest BCUT2D eigenvalue weighted by atomic mass is 9.97. The fraction of sp³-hybridized carbons (Fsp3) is 0.857. The quantitative estimate of drug-likeness (QED) is 0.882. The first-order chi connectivity index (χ1) is 9.36. The summed E-state index contributed by atoms with van der Waals surface area (Å²) in [5.41, 5.74) is 0. The third-order valence-electron chi connectivity index (χ3n) is 4.50. The highest BCUT2D eigenvalue weighted by Gasteiger charge is 2.22. The minimum atomic E-state index is 0.855. The van der Waals surface area contributed by atoms with Crippen molar-refractivity contribution in [3.05, 3.63) is 11.6 Å². The second-order valence-electron chi connectivity index (χ2n) is 5.92. The van der Waals surface area contributed by atoms with Crippen molar-refractivity contribution in [3.8, 4) is 0 Å². The van der Waals surface area contributed by atoms with Crippen molar-refractivity contribution in [1.29, 1.82) is 0 Å². The molecule has 5 heteroatoms. The first kappa shape index (κ1) is 13.1. The summed E-state index contributed by atoms with van der Waals surface area (Å²) in [7, 11) is 2.05. The van der Waals surface area contributed by atoms with Crippen LogP contribution in [-0.2, 0) is 19.5 Å². The van der Waals surface area contributed by atoms with Crippen molar-refractivity contribution < 1.29 is 0 Å². The maximum absolute atomic E-state index is 4.41. The number of aryl methyl sites for hydroxylation is 1. The van der Waals surface area contributed by atoms with Crippen molar-refractivity contribution in [2.75, 3.05) is 26.7 Å². The summed E-state index contributed by atoms with van der Waals surface area (Å²) in [4.78, 5) is 2.54. The number of nitrogens with zero attached hydrogens (tertiary/aromatic N) is 4. The number of aromatic nitrogens is 3. The fourth-order valence-electron chi connectivity index (χ4n) is 3.32. The molecule has 0 saturated carbocycles. The first-order valence-electron chi connectivity index (χ1n) is 7.64. The van der Waals surface area contributed by atoms with E-state index in [0.717, 1.165) is 32.0 Å². The second-order valence-corrected chi connectivity index (χ2v) is 5.92. The van der Waals surface area contributed by atoms with Crippen molar-refractivity contribution >= 4 is 0 Å². The Labute approximate surface area is 115 Å². The average molecular weight is 263 g/mol. The minimum Gasteiger partial charge on any atom is -0.319 e. The fourth-order valence-corrected chi connectivity index (χ4v) is 3.32. The van der Waals surface area contributed by atoms with Gasteiger partial charge in [-0.3, -0.25) is 4.90 Å². The molecule has 1 aromatic heterocycles. The molecular formula is C14H25N5. The summed E-state index contributed by atoms with van der Waals surface area (Å²) in [6.07, 6.45) is 6.27. The molecule has 1 N–H and O–H groups in total. The molecule has 0 radical (unpaired) electrons. The largest absolute Gasteiger partial charge is 0.319 e. The van der Waals surface area contributed by atoms with Crippen molar-refractivity contribution in [1.82, 2.24) is 25.0 Å². The van der Waals surface area contributed by atoms with Crippen molar-refractivity contribution in [2.45, 2.75) is 45.2 Å². The number of fused-ring (bicyclic) bond motifs is 1. The maximum Gasteiger partial charge on any atom is 0.147 e. The van der Waals surface area contributed by atoms with Gasteiger partial charge >= 0.3 is 0 Å². The molecule has 0 aliphatic carbocycles. The molecule has 19 heavy (non-hydrogen) atoms. The molecule has 0 atom stereocenters. The molecule has 106 valence electrons. The summed E-state index contributed by atoms with van der Waals surface area (Å²) in [5, 5.41) is 12.0. The Morgan fingerprint density at radius 1 is 1.16 bits per heavy atom. The van der Waals surface area contributed by atoms with Gasteiger partial charge in [-0.25, -0.2) is 0 Å². The zero-order valence-corrected chi connectivity index (χ0v) is 11.9. The normalized spacial score (nSPS) is 21.5. The van der Waals surface area contributed by atoms with Crippen molar-refractivity contribution in [3.63, 3.8) is 0 Å². The molecule has 1 aromatic rings. The van der Waals surface area contributed by atoms with Gasteiger partial charge in [0.05, 0.1) is 6.54 Å². The van der Waals surface area contributed by atoms with E-state index in [0.29, 0.717) is 0 Å². The molecule has 0 unspecified atom stereocenters. The molecule has 1 saturated heterocycles. The number of nitrogens with one attached hydrogen (secondary N) is 1. The van der Waals surface area contributed by atoms with Crippen LogP contribution >= 0.6 is 0 Å². The van der Waals surface area contributed by atoms with E-state index in [4.69, 9.17) is 0 Å². The summed E-state index contributed by atoms with van der Waals surface area (Å²) in [6.45, 7) is 5.67. The van der Waals surface area contributed by atoms with Gasteiger partial charge in [0.15, 0.2) is 0 Å². The molecule has 0 amide bonds. The Kier molecular flexibility index (Phi) is 4.13. The van der Waals surface area contributed by atoms with Gasteiger partial charge in [0.1, 0.15) is 11.6 Å². The van der Waals surface area contributed by atoms with E-state index in [2.05, 4.69) is 32.0 Å². The average Bonchev–Trinajstić information content (AvgIpc) is 2.85. The van der Waals surface area contributed by atoms with Gasteiger partial charge in [-0.05, 0) is 58.3 Å². The lowest BCUT2D eigenvalue weighted by Crippen LogP contribution is -2.37. The Morgan fingerprint density at radius 2 is 2.00 bits per heavy atom. The van der Waals surface area contributed by atoms with Crippen LogP contribution in [0.1, 0.15) is 37.3 Å². The van der Waals surface area contributed by atoms with Gasteiger partial charge in [-0.2, -0.15) is 0 Å². The summed E-state index contributed by atoms with van der Waals surface area (Å²) < 4.78 is 2.35. The Hall–Kier alpha value is -0.940. The topological polar surface area (TPSA) is 46.0 Å². The maximum atomic E-state index is 4.41. The van der Waals surface area contributed by atoms with E-state index in [9.17, 15) is 0 Å². The highest BCUT2D eigenvalue weighted by Crippen LogP contribution is 2.20. The molecule has 3 rings (SSSR count). The Bertz CT molecular complexity index is 406. The molecule has 0 bridgehead atoms. The highest BCUT2D eigenvalue weighted by molar-refractivity contribution is 4.99. The minimum absolute atomic E-state index is 0.855. The van der Waals surface area contributed by atoms with Crippen molar-refractivity contribution in [2.24, 2.45) is 5.92 Å². The molecule has 3 heterocycles. The van der Waals surface area contributed by atoms with E-state index in [1.54, 1.807) is 0 Å². The van der Waals surface area contributed by atoms with Crippen LogP contribution in [0.4, 0.5) is 0 Å². The number of rotatable bonds is 4. The molecule has 0 spiro atoms. The van der Waals surface area contributed by atoms with Crippen LogP contribution < -0.4 is 5.32 Å². The molecule has 1 fully saturated rings. The third kappa shape index (κ3) is 2.98. The van der Waals surface area contributed by atoms with Crippen LogP contribution in [0.3, 0.4) is 0 Å². The zero-order valence-electron chi connectivity index (χ0n) is 11.9. The number of likely N-dealkylation sites (tertiary alicyclic amines) is 1. The van der Waals surface area contributed by atoms with Crippen LogP contribution in [0.15, 0.2) is 0 Å². The van der Waals surface area contributed by atoms with E-state index in [-0.39, 0.29) is 0 Å². The SMILES string of the molecule is CNCC1CCN(Cc2nnc3n2CCCC3)CC1. The molecule has 2 aliphatic rings. The van der Waals surface area contributed by atoms with Crippen LogP contribution in [0.2, 0.25) is 0 Å². The van der Waals surface area contributed by atoms with Crippen LogP contribution in [0.5, 0.6) is 0 Å². The van der Waals surface area contributed by atoms with E-state index >= 15 is 0 Å². The van der Waals surface area contributed by atoms with Gasteiger partial charge in [0.2, 0.25) is 0 Å². The molecule has 5 nitrogen and oxygen atoms in total. The standard InChI is InChI=1S/C14H25N5/c1-15-10-12-5-8-18(9-6-12)11-14-17-16-13-4-2-3-7-19(13)14/h12,15H,2-11H2,1H3. The van der Waals surface area contributed by atoms with E-state index in [1.165, 1.54) is 50.4 Å². The monoisotopic (exact) mass is 263 g/mol. The second kappa shape index (κ2) is 6.01. The van der Waals surface area contributed by atoms with E-state index < -0.39 is 0 Å². The van der Waals surface area contributed by atoms with Gasteiger partial charge in [-0.1, -0.05) is 0 Å². The van der Waals surface area contributed by atoms with E-state index in [1.807, 2.05) is 0 Å². The van der Waals surface area contributed by atoms with Crippen LogP contribution in [0, 0.1) is 5.92 Å². The summed E-state index contributed by atoms with van der Waals surface area (Å²) in [6, 6.07) is 0. The highest BCUT2D eigenvalue weighted by atomic mass is 15.3. The zero-order chi connectivity index (χ0) is 13.1. The first-order valence-corrected chi connectivity index (χ1v) is 7.64. The summed E-state index contributed by atoms with van der Waals surface area (Å²) >= 11 is 0.